The number of likely N-dealkylation sites (tertiary alicyclic amines) is 1. The Labute approximate surface area is 143 Å². The maximum absolute atomic E-state index is 12.4. The summed E-state index contributed by atoms with van der Waals surface area (Å²) >= 11 is 1.02. The third kappa shape index (κ3) is 4.10. The number of fused-ring (bicyclic) bond motifs is 1. The number of nitrogens with zero attached hydrogens (tertiary/aromatic N) is 2. The normalized spacial score (nSPS) is 17.8. The largest absolute Gasteiger partial charge is 0.573 e. The lowest BCUT2D eigenvalue weighted by molar-refractivity contribution is -0.274. The van der Waals surface area contributed by atoms with Crippen LogP contribution in [0.2, 0.25) is 0 Å². The Balaban J connectivity index is 1.71. The maximum Gasteiger partial charge on any atom is 0.573 e. The Kier molecular flexibility index (Phi) is 4.41. The second-order valence-electron chi connectivity index (χ2n) is 5.44. The lowest BCUT2D eigenvalue weighted by Crippen LogP contribution is -2.39. The van der Waals surface area contributed by atoms with Crippen LogP contribution in [0, 0.1) is 0 Å². The van der Waals surface area contributed by atoms with E-state index < -0.39 is 18.1 Å². The van der Waals surface area contributed by atoms with Gasteiger partial charge in [-0.15, -0.1) is 13.2 Å². The lowest BCUT2D eigenvalue weighted by atomic mass is 10.3. The van der Waals surface area contributed by atoms with Crippen molar-refractivity contribution in [3.8, 4) is 5.75 Å². The van der Waals surface area contributed by atoms with Gasteiger partial charge in [-0.3, -0.25) is 10.1 Å². The number of alkyl halides is 3. The van der Waals surface area contributed by atoms with Gasteiger partial charge in [0.2, 0.25) is 5.91 Å². The summed E-state index contributed by atoms with van der Waals surface area (Å²) in [6.45, 7) is 0.398. The van der Waals surface area contributed by atoms with Crippen LogP contribution in [0.25, 0.3) is 10.2 Å². The molecule has 1 aliphatic heterocycles. The first-order chi connectivity index (χ1) is 11.7. The average Bonchev–Trinajstić information content (AvgIpc) is 3.01. The van der Waals surface area contributed by atoms with Crippen LogP contribution >= 0.6 is 11.3 Å². The van der Waals surface area contributed by atoms with Gasteiger partial charge in [0.15, 0.2) is 10.9 Å². The number of nitrogens with one attached hydrogen (secondary N) is 2. The minimum absolute atomic E-state index is 0.0101. The Morgan fingerprint density at radius 2 is 2.20 bits per heavy atom. The molecule has 25 heavy (non-hydrogen) atoms. The smallest absolute Gasteiger partial charge is 0.403 e. The minimum Gasteiger partial charge on any atom is -0.403 e. The summed E-state index contributed by atoms with van der Waals surface area (Å²) in [6, 6.07) is 3.23. The van der Waals surface area contributed by atoms with Crippen LogP contribution in [0.1, 0.15) is 6.42 Å². The van der Waals surface area contributed by atoms with E-state index in [1.807, 2.05) is 0 Å². The number of hydrogen-bond donors (Lipinski definition) is 2. The number of carbonyl (C=O) groups is 2. The van der Waals surface area contributed by atoms with Crippen molar-refractivity contribution in [3.63, 3.8) is 0 Å². The standard InChI is InChI=1S/C14H13F3N4O3S/c1-21-6-7(5-10(21)22)18-12(23)20-13-19-11-8(24-14(15,16)17)3-2-4-9(11)25-13/h2-4,7H,5-6H2,1H3,(H2,18,19,20,23). The molecule has 0 spiro atoms. The van der Waals surface area contributed by atoms with E-state index in [-0.39, 0.29) is 29.0 Å². The van der Waals surface area contributed by atoms with E-state index in [1.165, 1.54) is 11.0 Å². The molecule has 2 heterocycles. The first kappa shape index (κ1) is 17.3. The monoisotopic (exact) mass is 374 g/mol. The topological polar surface area (TPSA) is 83.6 Å². The summed E-state index contributed by atoms with van der Waals surface area (Å²) in [5.74, 6) is -0.503. The van der Waals surface area contributed by atoms with Crippen LogP contribution in [0.3, 0.4) is 0 Å². The number of likely N-dealkylation sites (N-methyl/N-ethyl adjacent to an activating group) is 1. The molecule has 2 N–H and O–H groups in total. The second kappa shape index (κ2) is 6.39. The predicted octanol–water partition coefficient (Wildman–Crippen LogP) is 2.55. The molecule has 1 fully saturated rings. The van der Waals surface area contributed by atoms with Crippen LogP contribution in [0.15, 0.2) is 18.2 Å². The van der Waals surface area contributed by atoms with E-state index in [0.717, 1.165) is 17.4 Å². The fourth-order valence-electron chi connectivity index (χ4n) is 2.46. The molecule has 0 bridgehead atoms. The molecule has 11 heteroatoms. The number of thiazole rings is 1. The lowest BCUT2D eigenvalue weighted by Gasteiger charge is -2.12. The third-order valence-electron chi connectivity index (χ3n) is 3.50. The number of carbonyl (C=O) groups excluding carboxylic acids is 2. The van der Waals surface area contributed by atoms with E-state index in [2.05, 4.69) is 20.4 Å². The first-order valence-corrected chi connectivity index (χ1v) is 8.00. The fraction of sp³-hybridized carbons (Fsp3) is 0.357. The number of hydrogen-bond acceptors (Lipinski definition) is 5. The van der Waals surface area contributed by atoms with Gasteiger partial charge in [-0.2, -0.15) is 0 Å². The van der Waals surface area contributed by atoms with Gasteiger partial charge in [0.1, 0.15) is 5.52 Å². The number of ether oxygens (including phenoxy) is 1. The second-order valence-corrected chi connectivity index (χ2v) is 6.47. The zero-order valence-corrected chi connectivity index (χ0v) is 13.7. The highest BCUT2D eigenvalue weighted by atomic mass is 32.1. The molecular formula is C14H13F3N4O3S. The van der Waals surface area contributed by atoms with Gasteiger partial charge in [-0.25, -0.2) is 9.78 Å². The maximum atomic E-state index is 12.4. The highest BCUT2D eigenvalue weighted by molar-refractivity contribution is 7.22. The Hall–Kier alpha value is -2.56. The molecule has 0 saturated carbocycles. The van der Waals surface area contributed by atoms with Crippen molar-refractivity contribution >= 4 is 38.6 Å². The van der Waals surface area contributed by atoms with Crippen LogP contribution in [0.4, 0.5) is 23.1 Å². The average molecular weight is 374 g/mol. The number of urea groups is 1. The number of amides is 3. The molecule has 7 nitrogen and oxygen atoms in total. The molecular weight excluding hydrogens is 361 g/mol. The van der Waals surface area contributed by atoms with E-state index in [0.29, 0.717) is 11.2 Å². The Bertz CT molecular complexity index is 823. The van der Waals surface area contributed by atoms with Gasteiger partial charge in [-0.05, 0) is 12.1 Å². The van der Waals surface area contributed by atoms with Gasteiger partial charge in [0, 0.05) is 20.0 Å². The van der Waals surface area contributed by atoms with Crippen molar-refractivity contribution in [2.45, 2.75) is 18.8 Å². The Morgan fingerprint density at radius 3 is 2.84 bits per heavy atom. The van der Waals surface area contributed by atoms with Crippen LogP contribution in [0.5, 0.6) is 5.75 Å². The van der Waals surface area contributed by atoms with Crippen molar-refractivity contribution < 1.29 is 27.5 Å². The fourth-order valence-corrected chi connectivity index (χ4v) is 3.34. The number of anilines is 1. The van der Waals surface area contributed by atoms with Gasteiger partial charge >= 0.3 is 12.4 Å². The summed E-state index contributed by atoms with van der Waals surface area (Å²) in [5.41, 5.74) is 0.0101. The highest BCUT2D eigenvalue weighted by Crippen LogP contribution is 2.34. The number of benzene rings is 1. The van der Waals surface area contributed by atoms with Crippen LogP contribution in [-0.4, -0.2) is 47.8 Å². The highest BCUT2D eigenvalue weighted by Gasteiger charge is 2.32. The van der Waals surface area contributed by atoms with E-state index in [4.69, 9.17) is 0 Å². The number of halogens is 3. The Morgan fingerprint density at radius 1 is 1.44 bits per heavy atom. The predicted molar refractivity (Wildman–Crippen MR) is 84.5 cm³/mol. The molecule has 1 aromatic carbocycles. The summed E-state index contributed by atoms with van der Waals surface area (Å²) < 4.78 is 41.6. The van der Waals surface area contributed by atoms with Gasteiger partial charge in [0.25, 0.3) is 0 Å². The summed E-state index contributed by atoms with van der Waals surface area (Å²) in [5, 5.41) is 5.23. The molecule has 1 saturated heterocycles. The molecule has 0 aliphatic carbocycles. The molecule has 1 unspecified atom stereocenters. The van der Waals surface area contributed by atoms with Gasteiger partial charge in [0.05, 0.1) is 10.7 Å². The molecule has 3 rings (SSSR count). The zero-order chi connectivity index (χ0) is 18.2. The molecule has 2 aromatic rings. The van der Waals surface area contributed by atoms with Crippen molar-refractivity contribution in [2.75, 3.05) is 18.9 Å². The minimum atomic E-state index is -4.83. The van der Waals surface area contributed by atoms with E-state index in [9.17, 15) is 22.8 Å². The van der Waals surface area contributed by atoms with Gasteiger partial charge in [-0.1, -0.05) is 17.4 Å². The summed E-state index contributed by atoms with van der Waals surface area (Å²) in [4.78, 5) is 28.9. The molecule has 1 aromatic heterocycles. The first-order valence-electron chi connectivity index (χ1n) is 7.18. The summed E-state index contributed by atoms with van der Waals surface area (Å²) in [7, 11) is 1.64. The van der Waals surface area contributed by atoms with Crippen molar-refractivity contribution in [3.05, 3.63) is 18.2 Å². The zero-order valence-electron chi connectivity index (χ0n) is 12.9. The molecule has 1 atom stereocenters. The van der Waals surface area contributed by atoms with Gasteiger partial charge < -0.3 is 15.0 Å². The summed E-state index contributed by atoms with van der Waals surface area (Å²) in [6.07, 6.45) is -4.63. The van der Waals surface area contributed by atoms with Crippen LogP contribution in [-0.2, 0) is 4.79 Å². The number of rotatable bonds is 3. The molecule has 3 amide bonds. The van der Waals surface area contributed by atoms with Crippen molar-refractivity contribution in [1.29, 1.82) is 0 Å². The van der Waals surface area contributed by atoms with Crippen LogP contribution < -0.4 is 15.4 Å². The SMILES string of the molecule is CN1CC(NC(=O)Nc2nc3c(OC(F)(F)F)cccc3s2)CC1=O. The van der Waals surface area contributed by atoms with E-state index in [1.54, 1.807) is 13.1 Å². The number of para-hydroxylation sites is 1. The van der Waals surface area contributed by atoms with E-state index >= 15 is 0 Å². The van der Waals surface area contributed by atoms with Crippen molar-refractivity contribution in [2.24, 2.45) is 0 Å². The number of aromatic nitrogens is 1. The molecule has 0 radical (unpaired) electrons. The molecule has 1 aliphatic rings. The third-order valence-corrected chi connectivity index (χ3v) is 4.44. The van der Waals surface area contributed by atoms with Crippen molar-refractivity contribution in [1.82, 2.24) is 15.2 Å². The quantitative estimate of drug-likeness (QED) is 0.865. The molecule has 134 valence electrons.